The number of halogens is 1. The second-order valence-corrected chi connectivity index (χ2v) is 6.24. The van der Waals surface area contributed by atoms with Gasteiger partial charge in [0.05, 0.1) is 12.0 Å². The lowest BCUT2D eigenvalue weighted by molar-refractivity contribution is 0.0940. The molecule has 0 radical (unpaired) electrons. The third kappa shape index (κ3) is 3.86. The van der Waals surface area contributed by atoms with Gasteiger partial charge in [0.2, 0.25) is 0 Å². The van der Waals surface area contributed by atoms with Crippen molar-refractivity contribution in [2.24, 2.45) is 11.8 Å². The van der Waals surface area contributed by atoms with Crippen LogP contribution in [-0.2, 0) is 0 Å². The van der Waals surface area contributed by atoms with Gasteiger partial charge in [-0.1, -0.05) is 12.8 Å². The van der Waals surface area contributed by atoms with E-state index in [2.05, 4.69) is 5.32 Å². The molecule has 2 unspecified atom stereocenters. The summed E-state index contributed by atoms with van der Waals surface area (Å²) in [6, 6.07) is 1.78. The van der Waals surface area contributed by atoms with Crippen LogP contribution in [0, 0.1) is 11.8 Å². The molecule has 1 aliphatic rings. The number of carbonyl (C=O) groups excluding carboxylic acids is 1. The van der Waals surface area contributed by atoms with Crippen molar-refractivity contribution in [1.29, 1.82) is 0 Å². The van der Waals surface area contributed by atoms with E-state index < -0.39 is 0 Å². The molecule has 0 aromatic carbocycles. The molecule has 0 bridgehead atoms. The van der Waals surface area contributed by atoms with Crippen molar-refractivity contribution in [2.45, 2.75) is 25.7 Å². The Labute approximate surface area is 123 Å². The average molecular weight is 302 g/mol. The Balaban J connectivity index is 1.85. The fourth-order valence-corrected chi connectivity index (χ4v) is 3.79. The fraction of sp³-hybridized carbons (Fsp3) is 0.643. The van der Waals surface area contributed by atoms with Gasteiger partial charge in [0.15, 0.2) is 0 Å². The largest absolute Gasteiger partial charge is 0.496 e. The van der Waals surface area contributed by atoms with E-state index in [0.29, 0.717) is 22.6 Å². The molecule has 1 heterocycles. The van der Waals surface area contributed by atoms with Crippen molar-refractivity contribution < 1.29 is 9.53 Å². The highest BCUT2D eigenvalue weighted by atomic mass is 35.5. The van der Waals surface area contributed by atoms with Crippen LogP contribution in [-0.4, -0.2) is 25.4 Å². The standard InChI is InChI=1S/C14H20ClNO2S/c1-18-12-6-13(19-9-12)14(17)16-8-11-5-3-2-4-10(11)7-15/h6,9-11H,2-5,7-8H2,1H3,(H,16,17). The highest BCUT2D eigenvalue weighted by molar-refractivity contribution is 7.12. The lowest BCUT2D eigenvalue weighted by Gasteiger charge is -2.30. The number of carbonyl (C=O) groups is 1. The van der Waals surface area contributed by atoms with E-state index in [1.807, 2.05) is 5.38 Å². The molecule has 1 fully saturated rings. The predicted molar refractivity (Wildman–Crippen MR) is 79.4 cm³/mol. The SMILES string of the molecule is COc1csc(C(=O)NCC2CCCCC2CCl)c1. The van der Waals surface area contributed by atoms with Crippen LogP contribution in [0.4, 0.5) is 0 Å². The Morgan fingerprint density at radius 3 is 2.84 bits per heavy atom. The molecule has 1 amide bonds. The number of nitrogens with one attached hydrogen (secondary N) is 1. The maximum atomic E-state index is 12.0. The zero-order valence-electron chi connectivity index (χ0n) is 11.2. The van der Waals surface area contributed by atoms with E-state index in [4.69, 9.17) is 16.3 Å². The van der Waals surface area contributed by atoms with Gasteiger partial charge in [-0.15, -0.1) is 22.9 Å². The van der Waals surface area contributed by atoms with Crippen LogP contribution in [0.15, 0.2) is 11.4 Å². The van der Waals surface area contributed by atoms with Crippen molar-refractivity contribution in [2.75, 3.05) is 19.5 Å². The summed E-state index contributed by atoms with van der Waals surface area (Å²) in [5.41, 5.74) is 0. The zero-order chi connectivity index (χ0) is 13.7. The summed E-state index contributed by atoms with van der Waals surface area (Å²) in [7, 11) is 1.61. The molecule has 3 nitrogen and oxygen atoms in total. The van der Waals surface area contributed by atoms with Gasteiger partial charge < -0.3 is 10.1 Å². The molecular formula is C14H20ClNO2S. The lowest BCUT2D eigenvalue weighted by Crippen LogP contribution is -2.34. The summed E-state index contributed by atoms with van der Waals surface area (Å²) in [6.45, 7) is 0.733. The minimum absolute atomic E-state index is 0.00723. The Bertz CT molecular complexity index is 421. The van der Waals surface area contributed by atoms with Crippen molar-refractivity contribution in [1.82, 2.24) is 5.32 Å². The highest BCUT2D eigenvalue weighted by Crippen LogP contribution is 2.30. The quantitative estimate of drug-likeness (QED) is 0.845. The Hall–Kier alpha value is -0.740. The van der Waals surface area contributed by atoms with Crippen LogP contribution in [0.3, 0.4) is 0 Å². The number of alkyl halides is 1. The molecule has 1 saturated carbocycles. The summed E-state index contributed by atoms with van der Waals surface area (Å²) in [5.74, 6) is 2.51. The first-order chi connectivity index (χ1) is 9.24. The summed E-state index contributed by atoms with van der Waals surface area (Å²) in [5, 5.41) is 4.87. The van der Waals surface area contributed by atoms with Crippen molar-refractivity contribution >= 4 is 28.8 Å². The van der Waals surface area contributed by atoms with E-state index in [-0.39, 0.29) is 5.91 Å². The minimum Gasteiger partial charge on any atom is -0.496 e. The molecule has 1 aliphatic carbocycles. The Morgan fingerprint density at radius 1 is 1.47 bits per heavy atom. The van der Waals surface area contributed by atoms with Gasteiger partial charge in [0.25, 0.3) is 5.91 Å². The molecule has 2 atom stereocenters. The third-order valence-corrected chi connectivity index (χ3v) is 5.13. The third-order valence-electron chi connectivity index (χ3n) is 3.82. The molecule has 0 aliphatic heterocycles. The first-order valence-electron chi connectivity index (χ1n) is 6.71. The Kier molecular flexibility index (Phi) is 5.52. The van der Waals surface area contributed by atoms with E-state index in [9.17, 15) is 4.79 Å². The number of ether oxygens (including phenoxy) is 1. The van der Waals surface area contributed by atoms with Gasteiger partial charge in [-0.25, -0.2) is 0 Å². The van der Waals surface area contributed by atoms with Gasteiger partial charge in [0.1, 0.15) is 5.75 Å². The lowest BCUT2D eigenvalue weighted by atomic mass is 9.80. The van der Waals surface area contributed by atoms with Crippen LogP contribution in [0.2, 0.25) is 0 Å². The minimum atomic E-state index is -0.00723. The predicted octanol–water partition coefficient (Wildman–Crippen LogP) is 3.53. The van der Waals surface area contributed by atoms with Gasteiger partial charge in [-0.3, -0.25) is 4.79 Å². The molecule has 0 spiro atoms. The summed E-state index contributed by atoms with van der Waals surface area (Å²) in [4.78, 5) is 12.7. The number of thiophene rings is 1. The Morgan fingerprint density at radius 2 is 2.21 bits per heavy atom. The van der Waals surface area contributed by atoms with E-state index in [1.165, 1.54) is 37.0 Å². The second-order valence-electron chi connectivity index (χ2n) is 5.02. The molecule has 1 aromatic rings. The fourth-order valence-electron chi connectivity index (χ4n) is 2.61. The van der Waals surface area contributed by atoms with Crippen LogP contribution in [0.5, 0.6) is 5.75 Å². The average Bonchev–Trinajstić information content (AvgIpc) is 2.94. The summed E-state index contributed by atoms with van der Waals surface area (Å²) < 4.78 is 5.09. The maximum Gasteiger partial charge on any atom is 0.261 e. The summed E-state index contributed by atoms with van der Waals surface area (Å²) >= 11 is 7.41. The van der Waals surface area contributed by atoms with Gasteiger partial charge >= 0.3 is 0 Å². The number of hydrogen-bond acceptors (Lipinski definition) is 3. The number of hydrogen-bond donors (Lipinski definition) is 1. The smallest absolute Gasteiger partial charge is 0.261 e. The van der Waals surface area contributed by atoms with Gasteiger partial charge in [-0.2, -0.15) is 0 Å². The zero-order valence-corrected chi connectivity index (χ0v) is 12.7. The van der Waals surface area contributed by atoms with Gasteiger partial charge in [0, 0.05) is 23.9 Å². The molecule has 5 heteroatoms. The van der Waals surface area contributed by atoms with E-state index >= 15 is 0 Å². The molecule has 1 N–H and O–H groups in total. The normalized spacial score (nSPS) is 23.1. The molecule has 0 saturated heterocycles. The van der Waals surface area contributed by atoms with Crippen molar-refractivity contribution in [3.8, 4) is 5.75 Å². The molecule has 1 aromatic heterocycles. The molecule has 106 valence electrons. The number of methoxy groups -OCH3 is 1. The topological polar surface area (TPSA) is 38.3 Å². The van der Waals surface area contributed by atoms with Crippen LogP contribution < -0.4 is 10.1 Å². The maximum absolute atomic E-state index is 12.0. The first-order valence-corrected chi connectivity index (χ1v) is 8.12. The van der Waals surface area contributed by atoms with E-state index in [1.54, 1.807) is 13.2 Å². The highest BCUT2D eigenvalue weighted by Gasteiger charge is 2.24. The molecule has 2 rings (SSSR count). The first kappa shape index (κ1) is 14.7. The van der Waals surface area contributed by atoms with Gasteiger partial charge in [-0.05, 0) is 24.7 Å². The number of rotatable bonds is 5. The number of amides is 1. The second kappa shape index (κ2) is 7.15. The van der Waals surface area contributed by atoms with Crippen molar-refractivity contribution in [3.63, 3.8) is 0 Å². The summed E-state index contributed by atoms with van der Waals surface area (Å²) in [6.07, 6.45) is 4.88. The van der Waals surface area contributed by atoms with E-state index in [0.717, 1.165) is 12.3 Å². The van der Waals surface area contributed by atoms with Crippen molar-refractivity contribution in [3.05, 3.63) is 16.3 Å². The van der Waals surface area contributed by atoms with Crippen LogP contribution in [0.25, 0.3) is 0 Å². The monoisotopic (exact) mass is 301 g/mol. The van der Waals surface area contributed by atoms with Crippen LogP contribution in [0.1, 0.15) is 35.4 Å². The van der Waals surface area contributed by atoms with Crippen LogP contribution >= 0.6 is 22.9 Å². The molecular weight excluding hydrogens is 282 g/mol. The molecule has 19 heavy (non-hydrogen) atoms.